The van der Waals surface area contributed by atoms with E-state index >= 15 is 0 Å². The molecule has 2 heterocycles. The number of rotatable bonds is 4. The zero-order valence-corrected chi connectivity index (χ0v) is 15.5. The molecule has 0 spiro atoms. The summed E-state index contributed by atoms with van der Waals surface area (Å²) in [4.78, 5) is 17.2. The molecular weight excluding hydrogens is 300 g/mol. The second-order valence-electron chi connectivity index (χ2n) is 7.75. The lowest BCUT2D eigenvalue weighted by atomic mass is 9.88. The van der Waals surface area contributed by atoms with Gasteiger partial charge in [0.05, 0.1) is 0 Å². The summed E-state index contributed by atoms with van der Waals surface area (Å²) in [6.45, 7) is 5.50. The number of aryl methyl sites for hydroxylation is 2. The van der Waals surface area contributed by atoms with Crippen molar-refractivity contribution in [2.45, 2.75) is 57.9 Å². The van der Waals surface area contributed by atoms with E-state index in [1.807, 2.05) is 32.0 Å². The van der Waals surface area contributed by atoms with Crippen LogP contribution in [0.1, 0.15) is 61.1 Å². The first kappa shape index (κ1) is 17.5. The zero-order valence-electron chi connectivity index (χ0n) is 15.5. The van der Waals surface area contributed by atoms with Gasteiger partial charge in [0.25, 0.3) is 5.91 Å². The minimum Gasteiger partial charge on any atom is -0.337 e. The molecule has 0 bridgehead atoms. The summed E-state index contributed by atoms with van der Waals surface area (Å²) in [7, 11) is 3.82. The normalized spacial score (nSPS) is 21.1. The van der Waals surface area contributed by atoms with E-state index in [4.69, 9.17) is 0 Å². The summed E-state index contributed by atoms with van der Waals surface area (Å²) in [5.74, 6) is 0.968. The molecular formula is C19H32N4O. The van der Waals surface area contributed by atoms with Crippen molar-refractivity contribution in [2.75, 3.05) is 26.7 Å². The van der Waals surface area contributed by atoms with Crippen LogP contribution in [0.15, 0.2) is 6.07 Å². The first-order chi connectivity index (χ1) is 11.5. The third kappa shape index (κ3) is 4.00. The molecule has 0 radical (unpaired) electrons. The molecule has 5 heteroatoms. The molecule has 2 aliphatic rings. The monoisotopic (exact) mass is 332 g/mol. The Labute approximate surface area is 146 Å². The van der Waals surface area contributed by atoms with E-state index in [1.165, 1.54) is 38.6 Å². The Morgan fingerprint density at radius 2 is 1.88 bits per heavy atom. The summed E-state index contributed by atoms with van der Waals surface area (Å²) in [6, 6.07) is 2.24. The predicted octanol–water partition coefficient (Wildman–Crippen LogP) is 2.85. The topological polar surface area (TPSA) is 41.4 Å². The van der Waals surface area contributed by atoms with Gasteiger partial charge < -0.3 is 9.80 Å². The molecule has 1 saturated carbocycles. The molecule has 0 aromatic carbocycles. The second-order valence-corrected chi connectivity index (χ2v) is 7.75. The Balaban J connectivity index is 1.49. The van der Waals surface area contributed by atoms with Gasteiger partial charge >= 0.3 is 0 Å². The lowest BCUT2D eigenvalue weighted by Gasteiger charge is -2.38. The summed E-state index contributed by atoms with van der Waals surface area (Å²) in [5.41, 5.74) is 1.59. The van der Waals surface area contributed by atoms with E-state index in [1.54, 1.807) is 4.68 Å². The van der Waals surface area contributed by atoms with Crippen LogP contribution in [0.2, 0.25) is 0 Å². The van der Waals surface area contributed by atoms with Gasteiger partial charge in [0, 0.05) is 45.5 Å². The first-order valence-electron chi connectivity index (χ1n) is 9.54. The van der Waals surface area contributed by atoms with Crippen LogP contribution in [0.25, 0.3) is 0 Å². The first-order valence-corrected chi connectivity index (χ1v) is 9.54. The van der Waals surface area contributed by atoms with Crippen LogP contribution in [0.3, 0.4) is 0 Å². The Hall–Kier alpha value is -1.36. The predicted molar refractivity (Wildman–Crippen MR) is 96.1 cm³/mol. The fraction of sp³-hybridized carbons (Fsp3) is 0.789. The quantitative estimate of drug-likeness (QED) is 0.851. The van der Waals surface area contributed by atoms with Crippen LogP contribution in [-0.2, 0) is 7.05 Å². The third-order valence-electron chi connectivity index (χ3n) is 6.00. The molecule has 2 fully saturated rings. The van der Waals surface area contributed by atoms with E-state index in [0.29, 0.717) is 11.7 Å². The van der Waals surface area contributed by atoms with E-state index in [0.717, 1.165) is 37.5 Å². The fourth-order valence-corrected chi connectivity index (χ4v) is 4.24. The van der Waals surface area contributed by atoms with Crippen molar-refractivity contribution in [1.82, 2.24) is 19.6 Å². The van der Waals surface area contributed by atoms with Crippen molar-refractivity contribution in [3.05, 3.63) is 17.5 Å². The summed E-state index contributed by atoms with van der Waals surface area (Å²) in [5, 5.41) is 4.33. The Kier molecular flexibility index (Phi) is 5.59. The SMILES string of the molecule is Cc1cc(C(=O)N(C)C2CCN(CC3CCCCC3)CC2)nn1C. The molecule has 1 aromatic heterocycles. The number of piperidine rings is 1. The minimum absolute atomic E-state index is 0.0597. The number of amides is 1. The highest BCUT2D eigenvalue weighted by atomic mass is 16.2. The van der Waals surface area contributed by atoms with Crippen LogP contribution < -0.4 is 0 Å². The largest absolute Gasteiger partial charge is 0.337 e. The number of hydrogen-bond donors (Lipinski definition) is 0. The van der Waals surface area contributed by atoms with Crippen LogP contribution in [0, 0.1) is 12.8 Å². The average Bonchev–Trinajstić information content (AvgIpc) is 2.94. The lowest BCUT2D eigenvalue weighted by molar-refractivity contribution is 0.0614. The molecule has 1 saturated heterocycles. The number of nitrogens with zero attached hydrogens (tertiary/aromatic N) is 4. The van der Waals surface area contributed by atoms with Crippen LogP contribution in [0.4, 0.5) is 0 Å². The van der Waals surface area contributed by atoms with E-state index in [2.05, 4.69) is 10.00 Å². The van der Waals surface area contributed by atoms with Gasteiger partial charge in [-0.1, -0.05) is 19.3 Å². The summed E-state index contributed by atoms with van der Waals surface area (Å²) >= 11 is 0. The maximum atomic E-state index is 12.6. The Morgan fingerprint density at radius 3 is 2.46 bits per heavy atom. The Morgan fingerprint density at radius 1 is 1.21 bits per heavy atom. The standard InChI is InChI=1S/C19H32N4O/c1-15-13-18(20-22(15)3)19(24)21(2)17-9-11-23(12-10-17)14-16-7-5-4-6-8-16/h13,16-17H,4-12,14H2,1-3H3. The minimum atomic E-state index is 0.0597. The zero-order chi connectivity index (χ0) is 17.1. The number of carbonyl (C=O) groups excluding carboxylic acids is 1. The average molecular weight is 332 g/mol. The van der Waals surface area contributed by atoms with Gasteiger partial charge in [-0.15, -0.1) is 0 Å². The highest BCUT2D eigenvalue weighted by Gasteiger charge is 2.28. The number of hydrogen-bond acceptors (Lipinski definition) is 3. The highest BCUT2D eigenvalue weighted by Crippen LogP contribution is 2.26. The maximum absolute atomic E-state index is 12.6. The van der Waals surface area contributed by atoms with Gasteiger partial charge in [-0.3, -0.25) is 9.48 Å². The molecule has 1 aromatic rings. The van der Waals surface area contributed by atoms with Crippen molar-refractivity contribution in [1.29, 1.82) is 0 Å². The van der Waals surface area contributed by atoms with Gasteiger partial charge in [-0.2, -0.15) is 5.10 Å². The van der Waals surface area contributed by atoms with Gasteiger partial charge in [-0.25, -0.2) is 0 Å². The molecule has 1 amide bonds. The molecule has 0 unspecified atom stereocenters. The summed E-state index contributed by atoms with van der Waals surface area (Å²) < 4.78 is 1.77. The van der Waals surface area contributed by atoms with Gasteiger partial charge in [0.2, 0.25) is 0 Å². The van der Waals surface area contributed by atoms with Crippen LogP contribution in [-0.4, -0.2) is 58.2 Å². The number of carbonyl (C=O) groups is 1. The molecule has 5 nitrogen and oxygen atoms in total. The molecule has 1 aliphatic heterocycles. The molecule has 3 rings (SSSR count). The summed E-state index contributed by atoms with van der Waals surface area (Å²) in [6.07, 6.45) is 9.26. The maximum Gasteiger partial charge on any atom is 0.274 e. The second kappa shape index (κ2) is 7.68. The Bertz CT molecular complexity index is 534. The molecule has 0 atom stereocenters. The fourth-order valence-electron chi connectivity index (χ4n) is 4.24. The van der Waals surface area contributed by atoms with Crippen molar-refractivity contribution in [3.63, 3.8) is 0 Å². The van der Waals surface area contributed by atoms with Crippen molar-refractivity contribution in [3.8, 4) is 0 Å². The van der Waals surface area contributed by atoms with Gasteiger partial charge in [0.1, 0.15) is 0 Å². The van der Waals surface area contributed by atoms with E-state index in [9.17, 15) is 4.79 Å². The third-order valence-corrected chi connectivity index (χ3v) is 6.00. The van der Waals surface area contributed by atoms with Crippen LogP contribution in [0.5, 0.6) is 0 Å². The van der Waals surface area contributed by atoms with Crippen molar-refractivity contribution in [2.24, 2.45) is 13.0 Å². The van der Waals surface area contributed by atoms with Crippen molar-refractivity contribution >= 4 is 5.91 Å². The molecule has 24 heavy (non-hydrogen) atoms. The van der Waals surface area contributed by atoms with E-state index < -0.39 is 0 Å². The molecule has 1 aliphatic carbocycles. The van der Waals surface area contributed by atoms with E-state index in [-0.39, 0.29) is 5.91 Å². The molecule has 0 N–H and O–H groups in total. The smallest absolute Gasteiger partial charge is 0.274 e. The van der Waals surface area contributed by atoms with Crippen molar-refractivity contribution < 1.29 is 4.79 Å². The number of aromatic nitrogens is 2. The number of likely N-dealkylation sites (tertiary alicyclic amines) is 1. The van der Waals surface area contributed by atoms with Gasteiger partial charge in [-0.05, 0) is 44.6 Å². The highest BCUT2D eigenvalue weighted by molar-refractivity contribution is 5.92. The van der Waals surface area contributed by atoms with Crippen LogP contribution >= 0.6 is 0 Å². The lowest BCUT2D eigenvalue weighted by Crippen LogP contribution is -2.46. The molecule has 134 valence electrons. The van der Waals surface area contributed by atoms with Gasteiger partial charge in [0.15, 0.2) is 5.69 Å².